The summed E-state index contributed by atoms with van der Waals surface area (Å²) in [5.41, 5.74) is 0.889. The van der Waals surface area contributed by atoms with Crippen molar-refractivity contribution in [3.05, 3.63) is 35.5 Å². The monoisotopic (exact) mass is 366 g/mol. The van der Waals surface area contributed by atoms with Gasteiger partial charge in [0.25, 0.3) is 0 Å². The Morgan fingerprint density at radius 3 is 2.27 bits per heavy atom. The van der Waals surface area contributed by atoms with E-state index in [0.717, 1.165) is 6.42 Å². The van der Waals surface area contributed by atoms with E-state index in [2.05, 4.69) is 26.8 Å². The van der Waals surface area contributed by atoms with Crippen LogP contribution in [0.15, 0.2) is 35.5 Å². The van der Waals surface area contributed by atoms with Crippen LogP contribution in [0, 0.1) is 5.41 Å². The molecule has 0 saturated carbocycles. The summed E-state index contributed by atoms with van der Waals surface area (Å²) in [6.45, 7) is 10.2. The van der Waals surface area contributed by atoms with Crippen molar-refractivity contribution in [2.75, 3.05) is 14.2 Å². The maximum atomic E-state index is 10.7. The molecule has 2 atom stereocenters. The van der Waals surface area contributed by atoms with Gasteiger partial charge >= 0.3 is 0 Å². The minimum atomic E-state index is -1.05. The Labute approximate surface area is 159 Å². The van der Waals surface area contributed by atoms with Gasteiger partial charge in [-0.15, -0.1) is 0 Å². The molecule has 0 spiro atoms. The van der Waals surface area contributed by atoms with E-state index < -0.39 is 17.5 Å². The number of aliphatic hydroxyl groups is 2. The first-order valence-electron chi connectivity index (χ1n) is 9.50. The molecule has 4 heteroatoms. The van der Waals surface area contributed by atoms with Crippen LogP contribution in [-0.4, -0.2) is 41.9 Å². The largest absolute Gasteiger partial charge is 0.386 e. The third-order valence-corrected chi connectivity index (χ3v) is 5.27. The average molecular weight is 367 g/mol. The van der Waals surface area contributed by atoms with E-state index in [4.69, 9.17) is 9.47 Å². The number of allylic oxidation sites excluding steroid dienone is 3. The third kappa shape index (κ3) is 7.36. The van der Waals surface area contributed by atoms with E-state index >= 15 is 0 Å². The van der Waals surface area contributed by atoms with Gasteiger partial charge in [-0.3, -0.25) is 0 Å². The zero-order chi connectivity index (χ0) is 20.0. The first-order chi connectivity index (χ1) is 11.9. The van der Waals surface area contributed by atoms with Crippen LogP contribution in [0.1, 0.15) is 66.7 Å². The van der Waals surface area contributed by atoms with Crippen LogP contribution in [0.5, 0.6) is 0 Å². The quantitative estimate of drug-likeness (QED) is 0.465. The lowest BCUT2D eigenvalue weighted by molar-refractivity contribution is -0.131. The molecule has 4 nitrogen and oxygen atoms in total. The maximum absolute atomic E-state index is 10.7. The summed E-state index contributed by atoms with van der Waals surface area (Å²) in [5, 5.41) is 21.1. The number of hydrogen-bond acceptors (Lipinski definition) is 4. The molecule has 2 unspecified atom stereocenters. The molecule has 0 aromatic rings. The van der Waals surface area contributed by atoms with E-state index in [-0.39, 0.29) is 5.41 Å². The topological polar surface area (TPSA) is 58.9 Å². The van der Waals surface area contributed by atoms with Crippen LogP contribution in [0.4, 0.5) is 0 Å². The number of rotatable bonds is 9. The molecule has 0 heterocycles. The van der Waals surface area contributed by atoms with Gasteiger partial charge in [0.15, 0.2) is 6.29 Å². The Hall–Kier alpha value is -0.940. The summed E-state index contributed by atoms with van der Waals surface area (Å²) in [7, 11) is 3.10. The van der Waals surface area contributed by atoms with Gasteiger partial charge in [0.05, 0.1) is 11.2 Å². The zero-order valence-electron chi connectivity index (χ0n) is 17.6. The smallest absolute Gasteiger partial charge is 0.159 e. The van der Waals surface area contributed by atoms with Crippen molar-refractivity contribution >= 4 is 0 Å². The van der Waals surface area contributed by atoms with Crippen molar-refractivity contribution in [2.45, 2.75) is 84.2 Å². The highest BCUT2D eigenvalue weighted by Gasteiger charge is 2.27. The predicted octanol–water partition coefficient (Wildman–Crippen LogP) is 4.53. The summed E-state index contributed by atoms with van der Waals surface area (Å²) in [6, 6.07) is 0. The Kier molecular flexibility index (Phi) is 8.28. The van der Waals surface area contributed by atoms with E-state index in [1.165, 1.54) is 24.0 Å². The first kappa shape index (κ1) is 23.1. The average Bonchev–Trinajstić information content (AvgIpc) is 2.51. The molecule has 0 amide bonds. The van der Waals surface area contributed by atoms with E-state index in [1.54, 1.807) is 34.1 Å². The molecular formula is C22H38O4. The second kappa shape index (κ2) is 9.32. The molecular weight excluding hydrogens is 328 g/mol. The summed E-state index contributed by atoms with van der Waals surface area (Å²) in [4.78, 5) is 0. The highest BCUT2D eigenvalue weighted by molar-refractivity contribution is 5.33. The van der Waals surface area contributed by atoms with Gasteiger partial charge in [0.1, 0.15) is 0 Å². The van der Waals surface area contributed by atoms with E-state index in [1.807, 2.05) is 12.2 Å². The minimum absolute atomic E-state index is 0.156. The van der Waals surface area contributed by atoms with Crippen molar-refractivity contribution < 1.29 is 19.7 Å². The Bertz CT molecular complexity index is 534. The molecule has 0 aliphatic heterocycles. The molecule has 0 saturated heterocycles. The fraction of sp³-hybridized carbons (Fsp3) is 0.727. The standard InChI is InChI=1S/C22H38O4/c1-17-10-8-12-20(2,3)18(17)11-15-21(4,23)13-9-14-22(5,24)16-19(25-6)26-7/h9,11,14-15,19,23-24H,8,10,12-13,16H2,1-7H3. The lowest BCUT2D eigenvalue weighted by atomic mass is 9.72. The van der Waals surface area contributed by atoms with Crippen LogP contribution in [-0.2, 0) is 9.47 Å². The molecule has 1 aliphatic rings. The number of hydrogen-bond donors (Lipinski definition) is 2. The molecule has 0 aromatic carbocycles. The highest BCUT2D eigenvalue weighted by Crippen LogP contribution is 2.41. The van der Waals surface area contributed by atoms with Crippen LogP contribution in [0.3, 0.4) is 0 Å². The summed E-state index contributed by atoms with van der Waals surface area (Å²) in [6.07, 6.45) is 11.3. The fourth-order valence-electron chi connectivity index (χ4n) is 3.56. The van der Waals surface area contributed by atoms with Crippen molar-refractivity contribution in [2.24, 2.45) is 5.41 Å². The summed E-state index contributed by atoms with van der Waals surface area (Å²) >= 11 is 0. The summed E-state index contributed by atoms with van der Waals surface area (Å²) in [5.74, 6) is 0. The molecule has 0 radical (unpaired) electrons. The van der Waals surface area contributed by atoms with Crippen molar-refractivity contribution in [3.63, 3.8) is 0 Å². The molecule has 0 aromatic heterocycles. The Morgan fingerprint density at radius 1 is 1.12 bits per heavy atom. The van der Waals surface area contributed by atoms with E-state index in [9.17, 15) is 10.2 Å². The lowest BCUT2D eigenvalue weighted by Gasteiger charge is -2.33. The minimum Gasteiger partial charge on any atom is -0.386 e. The Balaban J connectivity index is 2.74. The zero-order valence-corrected chi connectivity index (χ0v) is 17.6. The maximum Gasteiger partial charge on any atom is 0.159 e. The SMILES string of the molecule is COC(CC(C)(O)C=CCC(C)(O)C=CC1=C(C)CCCC1(C)C)OC. The third-order valence-electron chi connectivity index (χ3n) is 5.27. The number of methoxy groups -OCH3 is 2. The highest BCUT2D eigenvalue weighted by atomic mass is 16.7. The number of ether oxygens (including phenoxy) is 2. The second-order valence-corrected chi connectivity index (χ2v) is 8.69. The van der Waals surface area contributed by atoms with Crippen LogP contribution in [0.25, 0.3) is 0 Å². The second-order valence-electron chi connectivity index (χ2n) is 8.69. The van der Waals surface area contributed by atoms with Crippen molar-refractivity contribution in [1.82, 2.24) is 0 Å². The van der Waals surface area contributed by atoms with Gasteiger partial charge < -0.3 is 19.7 Å². The normalized spacial score (nSPS) is 23.0. The van der Waals surface area contributed by atoms with Gasteiger partial charge in [0.2, 0.25) is 0 Å². The van der Waals surface area contributed by atoms with Crippen molar-refractivity contribution in [3.8, 4) is 0 Å². The molecule has 26 heavy (non-hydrogen) atoms. The lowest BCUT2D eigenvalue weighted by Crippen LogP contribution is -2.30. The summed E-state index contributed by atoms with van der Waals surface area (Å²) < 4.78 is 10.3. The fourth-order valence-corrected chi connectivity index (χ4v) is 3.56. The van der Waals surface area contributed by atoms with Gasteiger partial charge in [-0.05, 0) is 57.4 Å². The van der Waals surface area contributed by atoms with Crippen LogP contribution < -0.4 is 0 Å². The molecule has 150 valence electrons. The van der Waals surface area contributed by atoms with E-state index in [0.29, 0.717) is 12.8 Å². The predicted molar refractivity (Wildman–Crippen MR) is 107 cm³/mol. The molecule has 1 rings (SSSR count). The molecule has 0 bridgehead atoms. The molecule has 2 N–H and O–H groups in total. The van der Waals surface area contributed by atoms with Gasteiger partial charge in [0, 0.05) is 20.6 Å². The van der Waals surface area contributed by atoms with Crippen molar-refractivity contribution in [1.29, 1.82) is 0 Å². The van der Waals surface area contributed by atoms with Crippen LogP contribution in [0.2, 0.25) is 0 Å². The van der Waals surface area contributed by atoms with Crippen LogP contribution >= 0.6 is 0 Å². The van der Waals surface area contributed by atoms with Gasteiger partial charge in [-0.2, -0.15) is 0 Å². The Morgan fingerprint density at radius 2 is 1.73 bits per heavy atom. The molecule has 1 aliphatic carbocycles. The van der Waals surface area contributed by atoms with Gasteiger partial charge in [-0.25, -0.2) is 0 Å². The molecule has 0 fully saturated rings. The van der Waals surface area contributed by atoms with Gasteiger partial charge in [-0.1, -0.05) is 43.7 Å². The first-order valence-corrected chi connectivity index (χ1v) is 9.50.